The van der Waals surface area contributed by atoms with Crippen molar-refractivity contribution in [3.05, 3.63) is 48.3 Å². The van der Waals surface area contributed by atoms with Gasteiger partial charge in [0.25, 0.3) is 0 Å². The molecule has 2 rings (SSSR count). The van der Waals surface area contributed by atoms with Crippen molar-refractivity contribution in [1.29, 1.82) is 0 Å². The Kier molecular flexibility index (Phi) is 4.47. The third-order valence-electron chi connectivity index (χ3n) is 2.70. The summed E-state index contributed by atoms with van der Waals surface area (Å²) in [6, 6.07) is 5.98. The van der Waals surface area contributed by atoms with Crippen molar-refractivity contribution in [2.24, 2.45) is 5.92 Å². The molecule has 0 radical (unpaired) electrons. The van der Waals surface area contributed by atoms with Gasteiger partial charge in [-0.25, -0.2) is 4.98 Å². The fraction of sp³-hybridized carbons (Fsp3) is 0.429. The minimum atomic E-state index is 0.657. The molecule has 96 valence electrons. The summed E-state index contributed by atoms with van der Waals surface area (Å²) in [5, 5.41) is 3.41. The summed E-state index contributed by atoms with van der Waals surface area (Å²) in [5.41, 5.74) is 1.06. The lowest BCUT2D eigenvalue weighted by Gasteiger charge is -2.09. The summed E-state index contributed by atoms with van der Waals surface area (Å²) in [7, 11) is 0. The van der Waals surface area contributed by atoms with Crippen LogP contribution in [0.3, 0.4) is 0 Å². The Morgan fingerprint density at radius 3 is 2.83 bits per heavy atom. The number of imidazole rings is 1. The minimum absolute atomic E-state index is 0.657. The maximum Gasteiger partial charge on any atom is 0.123 e. The van der Waals surface area contributed by atoms with E-state index in [4.69, 9.17) is 0 Å². The zero-order chi connectivity index (χ0) is 12.8. The largest absolute Gasteiger partial charge is 0.328 e. The van der Waals surface area contributed by atoms with E-state index in [9.17, 15) is 0 Å². The standard InChI is InChI=1S/C14H20N4/c1-12(2)9-15-10-14-17-7-8-18(14)11-13-5-3-4-6-16-13/h3-8,12,15H,9-11H2,1-2H3. The Morgan fingerprint density at radius 2 is 2.11 bits per heavy atom. The molecule has 4 nitrogen and oxygen atoms in total. The third kappa shape index (κ3) is 3.67. The van der Waals surface area contributed by atoms with Gasteiger partial charge < -0.3 is 9.88 Å². The molecule has 2 heterocycles. The second kappa shape index (κ2) is 6.31. The van der Waals surface area contributed by atoms with E-state index >= 15 is 0 Å². The summed E-state index contributed by atoms with van der Waals surface area (Å²) in [6.07, 6.45) is 5.67. The summed E-state index contributed by atoms with van der Waals surface area (Å²) in [5.74, 6) is 1.71. The molecule has 0 aliphatic rings. The van der Waals surface area contributed by atoms with Crippen molar-refractivity contribution in [3.63, 3.8) is 0 Å². The highest BCUT2D eigenvalue weighted by atomic mass is 15.1. The molecular formula is C14H20N4. The molecule has 0 aromatic carbocycles. The van der Waals surface area contributed by atoms with Crippen LogP contribution in [0.2, 0.25) is 0 Å². The van der Waals surface area contributed by atoms with Gasteiger partial charge >= 0.3 is 0 Å². The Morgan fingerprint density at radius 1 is 1.22 bits per heavy atom. The van der Waals surface area contributed by atoms with Crippen LogP contribution in [0.15, 0.2) is 36.8 Å². The predicted molar refractivity (Wildman–Crippen MR) is 72.1 cm³/mol. The van der Waals surface area contributed by atoms with Crippen molar-refractivity contribution in [3.8, 4) is 0 Å². The van der Waals surface area contributed by atoms with Crippen LogP contribution in [0, 0.1) is 5.92 Å². The van der Waals surface area contributed by atoms with E-state index in [1.165, 1.54) is 0 Å². The summed E-state index contributed by atoms with van der Waals surface area (Å²) < 4.78 is 2.13. The van der Waals surface area contributed by atoms with Crippen LogP contribution in [0.25, 0.3) is 0 Å². The topological polar surface area (TPSA) is 42.7 Å². The van der Waals surface area contributed by atoms with Crippen LogP contribution >= 0.6 is 0 Å². The zero-order valence-electron chi connectivity index (χ0n) is 11.0. The smallest absolute Gasteiger partial charge is 0.123 e. The number of nitrogens with zero attached hydrogens (tertiary/aromatic N) is 3. The molecule has 2 aromatic heterocycles. The molecule has 0 aliphatic carbocycles. The van der Waals surface area contributed by atoms with Gasteiger partial charge in [-0.3, -0.25) is 4.98 Å². The number of pyridine rings is 1. The minimum Gasteiger partial charge on any atom is -0.328 e. The molecule has 0 saturated carbocycles. The third-order valence-corrected chi connectivity index (χ3v) is 2.70. The van der Waals surface area contributed by atoms with Crippen LogP contribution in [0.4, 0.5) is 0 Å². The van der Waals surface area contributed by atoms with Crippen molar-refractivity contribution >= 4 is 0 Å². The van der Waals surface area contributed by atoms with E-state index in [0.717, 1.165) is 31.2 Å². The van der Waals surface area contributed by atoms with E-state index in [-0.39, 0.29) is 0 Å². The van der Waals surface area contributed by atoms with Gasteiger partial charge in [0.2, 0.25) is 0 Å². The van der Waals surface area contributed by atoms with E-state index in [1.54, 1.807) is 0 Å². The molecule has 0 bridgehead atoms. The normalized spacial score (nSPS) is 11.1. The monoisotopic (exact) mass is 244 g/mol. The van der Waals surface area contributed by atoms with Crippen molar-refractivity contribution in [1.82, 2.24) is 19.9 Å². The molecule has 0 saturated heterocycles. The van der Waals surface area contributed by atoms with Crippen LogP contribution < -0.4 is 5.32 Å². The number of aromatic nitrogens is 3. The van der Waals surface area contributed by atoms with E-state index in [2.05, 4.69) is 33.7 Å². The molecule has 0 unspecified atom stereocenters. The molecular weight excluding hydrogens is 224 g/mol. The van der Waals surface area contributed by atoms with E-state index in [1.807, 2.05) is 36.8 Å². The molecule has 0 atom stereocenters. The Hall–Kier alpha value is -1.68. The first kappa shape index (κ1) is 12.8. The molecule has 0 spiro atoms. The lowest BCUT2D eigenvalue weighted by Crippen LogP contribution is -2.21. The van der Waals surface area contributed by atoms with Gasteiger partial charge in [-0.2, -0.15) is 0 Å². The number of hydrogen-bond acceptors (Lipinski definition) is 3. The van der Waals surface area contributed by atoms with Crippen molar-refractivity contribution in [2.75, 3.05) is 6.54 Å². The van der Waals surface area contributed by atoms with Gasteiger partial charge in [0, 0.05) is 18.6 Å². The number of nitrogens with one attached hydrogen (secondary N) is 1. The number of rotatable bonds is 6. The van der Waals surface area contributed by atoms with Gasteiger partial charge in [0.1, 0.15) is 5.82 Å². The van der Waals surface area contributed by atoms with Crippen LogP contribution in [-0.4, -0.2) is 21.1 Å². The highest BCUT2D eigenvalue weighted by Crippen LogP contribution is 2.03. The second-order valence-corrected chi connectivity index (χ2v) is 4.82. The SMILES string of the molecule is CC(C)CNCc1nccn1Cc1ccccn1. The molecule has 4 heteroatoms. The first-order chi connectivity index (χ1) is 8.75. The quantitative estimate of drug-likeness (QED) is 0.846. The van der Waals surface area contributed by atoms with Crippen molar-refractivity contribution < 1.29 is 0 Å². The lowest BCUT2D eigenvalue weighted by molar-refractivity contribution is 0.532. The molecule has 1 N–H and O–H groups in total. The maximum absolute atomic E-state index is 4.38. The zero-order valence-corrected chi connectivity index (χ0v) is 11.0. The summed E-state index contributed by atoms with van der Waals surface area (Å²) in [6.45, 7) is 6.99. The Bertz CT molecular complexity index is 462. The van der Waals surface area contributed by atoms with E-state index in [0.29, 0.717) is 5.92 Å². The second-order valence-electron chi connectivity index (χ2n) is 4.82. The van der Waals surface area contributed by atoms with Gasteiger partial charge in [0.05, 0.1) is 18.8 Å². The molecule has 2 aromatic rings. The molecule has 0 aliphatic heterocycles. The van der Waals surface area contributed by atoms with Gasteiger partial charge in [0.15, 0.2) is 0 Å². The van der Waals surface area contributed by atoms with E-state index < -0.39 is 0 Å². The first-order valence-corrected chi connectivity index (χ1v) is 6.36. The van der Waals surface area contributed by atoms with Crippen molar-refractivity contribution in [2.45, 2.75) is 26.9 Å². The number of hydrogen-bond donors (Lipinski definition) is 1. The molecule has 0 fully saturated rings. The van der Waals surface area contributed by atoms with Gasteiger partial charge in [-0.1, -0.05) is 19.9 Å². The van der Waals surface area contributed by atoms with Crippen LogP contribution in [-0.2, 0) is 13.1 Å². The predicted octanol–water partition coefficient (Wildman–Crippen LogP) is 2.07. The maximum atomic E-state index is 4.38. The van der Waals surface area contributed by atoms with Gasteiger partial charge in [-0.15, -0.1) is 0 Å². The van der Waals surface area contributed by atoms with Gasteiger partial charge in [-0.05, 0) is 24.6 Å². The average Bonchev–Trinajstić information content (AvgIpc) is 2.78. The highest BCUT2D eigenvalue weighted by molar-refractivity contribution is 5.06. The van der Waals surface area contributed by atoms with Crippen LogP contribution in [0.1, 0.15) is 25.4 Å². The first-order valence-electron chi connectivity index (χ1n) is 6.36. The lowest BCUT2D eigenvalue weighted by atomic mass is 10.2. The van der Waals surface area contributed by atoms with Crippen LogP contribution in [0.5, 0.6) is 0 Å². The Balaban J connectivity index is 1.95. The summed E-state index contributed by atoms with van der Waals surface area (Å²) in [4.78, 5) is 8.72. The fourth-order valence-corrected chi connectivity index (χ4v) is 1.79. The Labute approximate surface area is 108 Å². The molecule has 18 heavy (non-hydrogen) atoms. The summed E-state index contributed by atoms with van der Waals surface area (Å²) >= 11 is 0. The molecule has 0 amide bonds. The highest BCUT2D eigenvalue weighted by Gasteiger charge is 2.04. The average molecular weight is 244 g/mol. The fourth-order valence-electron chi connectivity index (χ4n) is 1.79.